The van der Waals surface area contributed by atoms with Crippen LogP contribution in [0.25, 0.3) is 0 Å². The Morgan fingerprint density at radius 3 is 2.44 bits per heavy atom. The first-order chi connectivity index (χ1) is 16.3. The quantitative estimate of drug-likeness (QED) is 0.407. The van der Waals surface area contributed by atoms with E-state index in [-0.39, 0.29) is 35.9 Å². The SMILES string of the molecule is COCCNC(=O)C1(C)C(c2ccco2)C(c2ccc(F)cc2F)=NN1c1ccc(F)cc1F. The molecule has 1 aliphatic heterocycles. The number of halogens is 4. The van der Waals surface area contributed by atoms with E-state index in [4.69, 9.17) is 9.15 Å². The van der Waals surface area contributed by atoms with Gasteiger partial charge in [0.2, 0.25) is 5.91 Å². The first-order valence-corrected chi connectivity index (χ1v) is 10.4. The Hall–Kier alpha value is -3.66. The number of rotatable bonds is 7. The van der Waals surface area contributed by atoms with Gasteiger partial charge in [0.05, 0.1) is 30.2 Å². The zero-order valence-corrected chi connectivity index (χ0v) is 18.3. The van der Waals surface area contributed by atoms with Crippen LogP contribution in [0.4, 0.5) is 23.2 Å². The Morgan fingerprint density at radius 1 is 1.12 bits per heavy atom. The highest BCUT2D eigenvalue weighted by Gasteiger charge is 2.56. The zero-order valence-electron chi connectivity index (χ0n) is 18.3. The number of carbonyl (C=O) groups is 1. The summed E-state index contributed by atoms with van der Waals surface area (Å²) in [6.45, 7) is 1.83. The topological polar surface area (TPSA) is 67.1 Å². The molecule has 0 saturated heterocycles. The van der Waals surface area contributed by atoms with Crippen LogP contribution >= 0.6 is 0 Å². The van der Waals surface area contributed by atoms with Gasteiger partial charge in [0.25, 0.3) is 0 Å². The number of hydrazone groups is 1. The Bertz CT molecular complexity index is 1230. The Labute approximate surface area is 192 Å². The van der Waals surface area contributed by atoms with E-state index in [9.17, 15) is 22.4 Å². The molecule has 0 spiro atoms. The molecule has 0 fully saturated rings. The minimum Gasteiger partial charge on any atom is -0.469 e. The van der Waals surface area contributed by atoms with Crippen LogP contribution in [0, 0.1) is 23.3 Å². The second-order valence-electron chi connectivity index (χ2n) is 7.86. The van der Waals surface area contributed by atoms with Crippen LogP contribution in [0.1, 0.15) is 24.2 Å². The summed E-state index contributed by atoms with van der Waals surface area (Å²) < 4.78 is 67.6. The molecule has 0 bridgehead atoms. The number of carbonyl (C=O) groups excluding carboxylic acids is 1. The number of hydrogen-bond acceptors (Lipinski definition) is 5. The molecule has 4 rings (SSSR count). The van der Waals surface area contributed by atoms with Gasteiger partial charge in [-0.05, 0) is 43.3 Å². The van der Waals surface area contributed by atoms with Crippen molar-refractivity contribution in [3.8, 4) is 0 Å². The van der Waals surface area contributed by atoms with E-state index in [2.05, 4.69) is 10.4 Å². The summed E-state index contributed by atoms with van der Waals surface area (Å²) in [5.41, 5.74) is -1.97. The number of furan rings is 1. The van der Waals surface area contributed by atoms with Crippen molar-refractivity contribution < 1.29 is 31.5 Å². The number of methoxy groups -OCH3 is 1. The Balaban J connectivity index is 1.93. The summed E-state index contributed by atoms with van der Waals surface area (Å²) in [7, 11) is 1.47. The van der Waals surface area contributed by atoms with Crippen molar-refractivity contribution in [1.82, 2.24) is 5.32 Å². The smallest absolute Gasteiger partial charge is 0.248 e. The summed E-state index contributed by atoms with van der Waals surface area (Å²) in [5.74, 6) is -4.88. The minimum absolute atomic E-state index is 0.0144. The molecule has 2 aromatic carbocycles. The summed E-state index contributed by atoms with van der Waals surface area (Å²) in [4.78, 5) is 13.6. The molecule has 0 radical (unpaired) electrons. The molecule has 6 nitrogen and oxygen atoms in total. The lowest BCUT2D eigenvalue weighted by atomic mass is 9.78. The maximum absolute atomic E-state index is 14.9. The molecule has 1 N–H and O–H groups in total. The predicted molar refractivity (Wildman–Crippen MR) is 116 cm³/mol. The van der Waals surface area contributed by atoms with Crippen molar-refractivity contribution in [3.05, 3.63) is 89.4 Å². The largest absolute Gasteiger partial charge is 0.469 e. The van der Waals surface area contributed by atoms with Gasteiger partial charge in [0.15, 0.2) is 11.4 Å². The third-order valence-electron chi connectivity index (χ3n) is 5.71. The van der Waals surface area contributed by atoms with E-state index in [1.165, 1.54) is 26.4 Å². The predicted octanol–water partition coefficient (Wildman–Crippen LogP) is 4.37. The van der Waals surface area contributed by atoms with E-state index in [1.54, 1.807) is 12.1 Å². The van der Waals surface area contributed by atoms with E-state index in [1.807, 2.05) is 0 Å². The fraction of sp³-hybridized carbons (Fsp3) is 0.250. The number of nitrogens with one attached hydrogen (secondary N) is 1. The van der Waals surface area contributed by atoms with E-state index >= 15 is 0 Å². The van der Waals surface area contributed by atoms with Gasteiger partial charge in [-0.25, -0.2) is 22.6 Å². The highest BCUT2D eigenvalue weighted by Crippen LogP contribution is 2.46. The van der Waals surface area contributed by atoms with Crippen molar-refractivity contribution in [3.63, 3.8) is 0 Å². The van der Waals surface area contributed by atoms with Crippen LogP contribution in [0.2, 0.25) is 0 Å². The number of hydrogen-bond donors (Lipinski definition) is 1. The first kappa shape index (κ1) is 23.5. The van der Waals surface area contributed by atoms with Crippen LogP contribution in [-0.2, 0) is 9.53 Å². The standard InChI is InChI=1S/C24H21F4N3O3/c1-24(23(32)29-9-11-33-2)21(20-4-3-10-34-20)22(16-7-5-14(25)12-17(16)27)30-31(24)19-8-6-15(26)13-18(19)28/h3-8,10,12-13,21H,9,11H2,1-2H3,(H,29,32). The molecule has 3 aromatic rings. The third kappa shape index (κ3) is 4.05. The number of anilines is 1. The summed E-state index contributed by atoms with van der Waals surface area (Å²) in [5, 5.41) is 8.21. The van der Waals surface area contributed by atoms with Crippen molar-refractivity contribution in [2.45, 2.75) is 18.4 Å². The van der Waals surface area contributed by atoms with E-state index < -0.39 is 40.6 Å². The van der Waals surface area contributed by atoms with Crippen molar-refractivity contribution in [1.29, 1.82) is 0 Å². The van der Waals surface area contributed by atoms with E-state index in [0.29, 0.717) is 12.1 Å². The fourth-order valence-corrected chi connectivity index (χ4v) is 4.06. The molecular formula is C24H21F4N3O3. The molecule has 1 aromatic heterocycles. The molecule has 2 atom stereocenters. The van der Waals surface area contributed by atoms with Crippen LogP contribution in [-0.4, -0.2) is 37.4 Å². The average Bonchev–Trinajstić information content (AvgIpc) is 3.41. The lowest BCUT2D eigenvalue weighted by Crippen LogP contribution is -2.57. The number of amides is 1. The first-order valence-electron chi connectivity index (χ1n) is 10.4. The monoisotopic (exact) mass is 475 g/mol. The summed E-state index contributed by atoms with van der Waals surface area (Å²) in [6.07, 6.45) is 1.37. The summed E-state index contributed by atoms with van der Waals surface area (Å²) in [6, 6.07) is 8.91. The van der Waals surface area contributed by atoms with Crippen LogP contribution in [0.5, 0.6) is 0 Å². The molecule has 0 saturated carbocycles. The van der Waals surface area contributed by atoms with E-state index in [0.717, 1.165) is 23.2 Å². The second kappa shape index (κ2) is 9.30. The van der Waals surface area contributed by atoms with Crippen LogP contribution < -0.4 is 10.3 Å². The van der Waals surface area contributed by atoms with Crippen LogP contribution in [0.15, 0.2) is 64.3 Å². The van der Waals surface area contributed by atoms with Gasteiger partial charge in [-0.1, -0.05) is 0 Å². The normalized spacial score (nSPS) is 19.9. The zero-order chi connectivity index (χ0) is 24.5. The molecule has 178 valence electrons. The molecule has 2 heterocycles. The van der Waals surface area contributed by atoms with Gasteiger partial charge in [-0.15, -0.1) is 0 Å². The fourth-order valence-electron chi connectivity index (χ4n) is 4.06. The lowest BCUT2D eigenvalue weighted by Gasteiger charge is -2.36. The molecule has 10 heteroatoms. The Morgan fingerprint density at radius 2 is 1.82 bits per heavy atom. The number of ether oxygens (including phenoxy) is 1. The van der Waals surface area contributed by atoms with Crippen LogP contribution in [0.3, 0.4) is 0 Å². The number of nitrogens with zero attached hydrogens (tertiary/aromatic N) is 2. The number of benzene rings is 2. The van der Waals surface area contributed by atoms with Gasteiger partial charge in [0, 0.05) is 31.4 Å². The van der Waals surface area contributed by atoms with Gasteiger partial charge >= 0.3 is 0 Å². The van der Waals surface area contributed by atoms with Gasteiger partial charge in [0.1, 0.15) is 23.2 Å². The van der Waals surface area contributed by atoms with Crippen molar-refractivity contribution in [2.24, 2.45) is 5.10 Å². The van der Waals surface area contributed by atoms with Gasteiger partial charge in [-0.3, -0.25) is 4.79 Å². The van der Waals surface area contributed by atoms with Gasteiger partial charge < -0.3 is 14.5 Å². The molecule has 2 unspecified atom stereocenters. The Kier molecular flexibility index (Phi) is 6.43. The molecular weight excluding hydrogens is 454 g/mol. The molecule has 34 heavy (non-hydrogen) atoms. The van der Waals surface area contributed by atoms with Crippen molar-refractivity contribution in [2.75, 3.05) is 25.3 Å². The lowest BCUT2D eigenvalue weighted by molar-refractivity contribution is -0.126. The molecule has 0 aliphatic carbocycles. The third-order valence-corrected chi connectivity index (χ3v) is 5.71. The molecule has 1 aliphatic rings. The maximum Gasteiger partial charge on any atom is 0.248 e. The highest BCUT2D eigenvalue weighted by molar-refractivity contribution is 6.13. The maximum atomic E-state index is 14.9. The molecule has 1 amide bonds. The second-order valence-corrected chi connectivity index (χ2v) is 7.86. The highest BCUT2D eigenvalue weighted by atomic mass is 19.1. The summed E-state index contributed by atoms with van der Waals surface area (Å²) >= 11 is 0. The van der Waals surface area contributed by atoms with Gasteiger partial charge in [-0.2, -0.15) is 5.10 Å². The minimum atomic E-state index is -1.68. The van der Waals surface area contributed by atoms with Crippen molar-refractivity contribution >= 4 is 17.3 Å². The average molecular weight is 475 g/mol.